The maximum atomic E-state index is 12.8. The smallest absolute Gasteiger partial charge is 0.462 e. The van der Waals surface area contributed by atoms with E-state index in [0.717, 1.165) is 77.0 Å². The monoisotopic (exact) mass is 899 g/mol. The molecule has 62 heavy (non-hydrogen) atoms. The number of rotatable bonds is 37. The Bertz CT molecular complexity index is 1380. The lowest BCUT2D eigenvalue weighted by Gasteiger charge is -2.41. The number of carbonyl (C=O) groups is 3. The van der Waals surface area contributed by atoms with Crippen molar-refractivity contribution in [3.05, 3.63) is 60.8 Å². The van der Waals surface area contributed by atoms with Crippen molar-refractivity contribution in [3.63, 3.8) is 0 Å². The number of unbranched alkanes of at least 4 members (excludes halogenated alkanes) is 14. The van der Waals surface area contributed by atoms with Crippen LogP contribution < -0.4 is 0 Å². The number of phosphoric ester groups is 1. The highest BCUT2D eigenvalue weighted by atomic mass is 31.2. The first-order valence-electron chi connectivity index (χ1n) is 23.0. The van der Waals surface area contributed by atoms with Gasteiger partial charge in [-0.15, -0.1) is 0 Å². The van der Waals surface area contributed by atoms with Gasteiger partial charge in [0.1, 0.15) is 43.2 Å². The lowest BCUT2D eigenvalue weighted by atomic mass is 9.85. The number of phosphoric acid groups is 1. The van der Waals surface area contributed by atoms with Crippen molar-refractivity contribution in [2.24, 2.45) is 0 Å². The second kappa shape index (κ2) is 36.5. The van der Waals surface area contributed by atoms with Crippen LogP contribution in [0.25, 0.3) is 0 Å². The van der Waals surface area contributed by atoms with Crippen LogP contribution in [-0.4, -0.2) is 104 Å². The zero-order valence-corrected chi connectivity index (χ0v) is 38.3. The molecule has 6 N–H and O–H groups in total. The van der Waals surface area contributed by atoms with E-state index in [1.807, 2.05) is 6.08 Å². The molecule has 0 radical (unpaired) electrons. The molecule has 1 saturated carbocycles. The van der Waals surface area contributed by atoms with Crippen molar-refractivity contribution in [1.29, 1.82) is 0 Å². The fourth-order valence-electron chi connectivity index (χ4n) is 6.51. The Labute approximate surface area is 370 Å². The second-order valence-electron chi connectivity index (χ2n) is 15.9. The molecular formula is C47H79O14P. The van der Waals surface area contributed by atoms with Gasteiger partial charge in [0.2, 0.25) is 0 Å². The predicted molar refractivity (Wildman–Crippen MR) is 240 cm³/mol. The molecule has 3 unspecified atom stereocenters. The van der Waals surface area contributed by atoms with E-state index in [9.17, 15) is 49.4 Å². The van der Waals surface area contributed by atoms with E-state index in [-0.39, 0.29) is 18.6 Å². The Kier molecular flexibility index (Phi) is 33.7. The fraction of sp³-hybridized carbons (Fsp3) is 0.723. The SMILES string of the molecule is CCCCC/C=C\C=C\C(=O)CCCCCCCC(=O)O[C@H](COC(=O)CCCCCC/C=C\C/C=C\C/C=C\CCCCC)COP(=O)(O)OC1[C@H](O)[C@H](O)C(O)[C@H](O)[C@H]1O. The minimum absolute atomic E-state index is 0.00525. The molecule has 0 bridgehead atoms. The number of aliphatic hydroxyl groups is 5. The van der Waals surface area contributed by atoms with Crippen molar-refractivity contribution < 1.29 is 67.9 Å². The van der Waals surface area contributed by atoms with Gasteiger partial charge in [0.15, 0.2) is 11.9 Å². The van der Waals surface area contributed by atoms with Crippen molar-refractivity contribution in [2.75, 3.05) is 13.2 Å². The van der Waals surface area contributed by atoms with Crippen LogP contribution in [0.15, 0.2) is 60.8 Å². The van der Waals surface area contributed by atoms with E-state index in [1.165, 1.54) is 32.1 Å². The highest BCUT2D eigenvalue weighted by Crippen LogP contribution is 2.47. The van der Waals surface area contributed by atoms with Gasteiger partial charge in [0, 0.05) is 19.3 Å². The molecule has 0 saturated heterocycles. The second-order valence-corrected chi connectivity index (χ2v) is 17.3. The molecule has 0 aromatic carbocycles. The summed E-state index contributed by atoms with van der Waals surface area (Å²) in [6.07, 6.45) is 26.6. The summed E-state index contributed by atoms with van der Waals surface area (Å²) in [5.41, 5.74) is 0. The van der Waals surface area contributed by atoms with Crippen LogP contribution >= 0.6 is 7.82 Å². The standard InChI is InChI=1S/C47H79O14P/c1-3-5-7-9-11-12-13-14-15-16-17-18-19-20-22-26-30-34-40(49)58-36-39(37-59-62(56,57)61-47-45(54)43(52)42(51)44(53)46(47)55)60-41(50)35-31-27-23-25-29-33-38(48)32-28-24-21-10-8-6-4-2/h11-12,14-15,17-18,21,24,28,32,39,42-47,51-55H,3-10,13,16,19-20,22-23,25-27,29-31,33-37H2,1-2H3,(H,56,57)/b12-11-,15-14-,18-17-,24-21-,32-28+/t39-,42?,43-,44+,45-,46-,47?/m1/s1. The van der Waals surface area contributed by atoms with E-state index >= 15 is 0 Å². The summed E-state index contributed by atoms with van der Waals surface area (Å²) < 4.78 is 33.4. The van der Waals surface area contributed by atoms with Gasteiger partial charge >= 0.3 is 19.8 Å². The van der Waals surface area contributed by atoms with Crippen LogP contribution in [-0.2, 0) is 37.5 Å². The van der Waals surface area contributed by atoms with Gasteiger partial charge in [-0.2, -0.15) is 0 Å². The molecule has 0 heterocycles. The molecule has 356 valence electrons. The van der Waals surface area contributed by atoms with Crippen LogP contribution in [0, 0.1) is 0 Å². The fourth-order valence-corrected chi connectivity index (χ4v) is 7.48. The third-order valence-electron chi connectivity index (χ3n) is 10.3. The minimum atomic E-state index is -5.16. The summed E-state index contributed by atoms with van der Waals surface area (Å²) in [7, 11) is -5.16. The average Bonchev–Trinajstić information content (AvgIpc) is 3.25. The van der Waals surface area contributed by atoms with Crippen LogP contribution in [0.5, 0.6) is 0 Å². The van der Waals surface area contributed by atoms with Gasteiger partial charge in [-0.3, -0.25) is 23.4 Å². The molecule has 15 heteroatoms. The van der Waals surface area contributed by atoms with E-state index in [1.54, 1.807) is 12.2 Å². The Hall–Kier alpha value is -2.78. The normalized spacial score (nSPS) is 22.3. The third kappa shape index (κ3) is 28.8. The number of allylic oxidation sites excluding steroid dienone is 10. The molecule has 1 aliphatic carbocycles. The zero-order chi connectivity index (χ0) is 45.9. The lowest BCUT2D eigenvalue weighted by Crippen LogP contribution is -2.64. The van der Waals surface area contributed by atoms with E-state index in [4.69, 9.17) is 18.5 Å². The summed E-state index contributed by atoms with van der Waals surface area (Å²) in [6.45, 7) is 3.09. The number of hydrogen-bond donors (Lipinski definition) is 6. The van der Waals surface area contributed by atoms with E-state index < -0.39 is 75.7 Å². The molecule has 0 amide bonds. The zero-order valence-electron chi connectivity index (χ0n) is 37.4. The summed E-state index contributed by atoms with van der Waals surface area (Å²) in [5.74, 6) is -1.16. The third-order valence-corrected chi connectivity index (χ3v) is 11.3. The highest BCUT2D eigenvalue weighted by molar-refractivity contribution is 7.47. The maximum absolute atomic E-state index is 12.8. The number of hydrogen-bond acceptors (Lipinski definition) is 13. The van der Waals surface area contributed by atoms with Crippen molar-refractivity contribution in [3.8, 4) is 0 Å². The Morgan fingerprint density at radius 3 is 1.60 bits per heavy atom. The van der Waals surface area contributed by atoms with Crippen LogP contribution in [0.4, 0.5) is 0 Å². The van der Waals surface area contributed by atoms with Crippen LogP contribution in [0.3, 0.4) is 0 Å². The minimum Gasteiger partial charge on any atom is -0.462 e. The Morgan fingerprint density at radius 1 is 0.548 bits per heavy atom. The molecular weight excluding hydrogens is 819 g/mol. The summed E-state index contributed by atoms with van der Waals surface area (Å²) >= 11 is 0. The van der Waals surface area contributed by atoms with Gasteiger partial charge in [0.25, 0.3) is 0 Å². The number of aliphatic hydroxyl groups excluding tert-OH is 5. The maximum Gasteiger partial charge on any atom is 0.472 e. The van der Waals surface area contributed by atoms with Crippen molar-refractivity contribution in [2.45, 2.75) is 204 Å². The first-order chi connectivity index (χ1) is 29.8. The molecule has 1 fully saturated rings. The number of ketones is 1. The van der Waals surface area contributed by atoms with Crippen LogP contribution in [0.1, 0.15) is 162 Å². The number of esters is 2. The van der Waals surface area contributed by atoms with E-state index in [2.05, 4.69) is 56.4 Å². The van der Waals surface area contributed by atoms with E-state index in [0.29, 0.717) is 25.7 Å². The van der Waals surface area contributed by atoms with Gasteiger partial charge < -0.3 is 39.9 Å². The van der Waals surface area contributed by atoms with Gasteiger partial charge in [-0.1, -0.05) is 126 Å². The van der Waals surface area contributed by atoms with Crippen LogP contribution in [0.2, 0.25) is 0 Å². The first kappa shape index (κ1) is 57.2. The average molecular weight is 899 g/mol. The predicted octanol–water partition coefficient (Wildman–Crippen LogP) is 8.12. The van der Waals surface area contributed by atoms with Gasteiger partial charge in [-0.05, 0) is 76.7 Å². The first-order valence-corrected chi connectivity index (χ1v) is 24.5. The molecule has 1 aliphatic rings. The molecule has 0 aromatic rings. The van der Waals surface area contributed by atoms with Crippen molar-refractivity contribution >= 4 is 25.5 Å². The molecule has 0 spiro atoms. The number of carbonyl (C=O) groups excluding carboxylic acids is 3. The molecule has 8 atom stereocenters. The largest absolute Gasteiger partial charge is 0.472 e. The molecule has 1 rings (SSSR count). The highest BCUT2D eigenvalue weighted by Gasteiger charge is 2.51. The molecule has 0 aromatic heterocycles. The molecule has 14 nitrogen and oxygen atoms in total. The molecule has 0 aliphatic heterocycles. The Morgan fingerprint density at radius 2 is 1.02 bits per heavy atom. The summed E-state index contributed by atoms with van der Waals surface area (Å²) in [6, 6.07) is 0. The quantitative estimate of drug-likeness (QED) is 0.00865. The lowest BCUT2D eigenvalue weighted by molar-refractivity contribution is -0.220. The summed E-state index contributed by atoms with van der Waals surface area (Å²) in [5, 5.41) is 50.1. The van der Waals surface area contributed by atoms with Gasteiger partial charge in [-0.25, -0.2) is 4.57 Å². The topological polar surface area (TPSA) is 227 Å². The van der Waals surface area contributed by atoms with Crippen molar-refractivity contribution in [1.82, 2.24) is 0 Å². The Balaban J connectivity index is 2.52. The van der Waals surface area contributed by atoms with Gasteiger partial charge in [0.05, 0.1) is 6.61 Å². The number of ether oxygens (including phenoxy) is 2. The summed E-state index contributed by atoms with van der Waals surface area (Å²) in [4.78, 5) is 47.8.